The standard InChI is InChI=1S/C25H29F2N5O4/c1-5-31-22-15(12-28-24-17(22)10-16(29(24)2)14-30-6-8-36-9-7-30)13-32(25(31)33)23-20(26)18(34-3)11-19(35-4)21(23)27/h10-12H,5-9,13-14H2,1-4H3/i3D3,4D3. The molecule has 36 heavy (non-hydrogen) atoms. The Morgan fingerprint density at radius 3 is 2.44 bits per heavy atom. The molecule has 11 heteroatoms. The molecule has 9 nitrogen and oxygen atoms in total. The average molecular weight is 508 g/mol. The molecule has 4 heterocycles. The molecule has 1 aromatic carbocycles. The molecule has 2 aliphatic rings. The second kappa shape index (κ2) is 9.55. The predicted octanol–water partition coefficient (Wildman–Crippen LogP) is 3.67. The number of aromatic nitrogens is 2. The minimum atomic E-state index is -3.16. The van der Waals surface area contributed by atoms with Gasteiger partial charge < -0.3 is 18.8 Å². The van der Waals surface area contributed by atoms with Gasteiger partial charge in [-0.15, -0.1) is 0 Å². The van der Waals surface area contributed by atoms with E-state index in [9.17, 15) is 4.79 Å². The maximum Gasteiger partial charge on any atom is 0.329 e. The van der Waals surface area contributed by atoms with E-state index in [0.29, 0.717) is 48.1 Å². The number of carbonyl (C=O) groups is 1. The molecule has 0 radical (unpaired) electrons. The first-order valence-electron chi connectivity index (χ1n) is 14.4. The van der Waals surface area contributed by atoms with E-state index < -0.39 is 48.9 Å². The fraction of sp³-hybridized carbons (Fsp3) is 0.440. The number of amides is 2. The number of nitrogens with zero attached hydrogens (tertiary/aromatic N) is 5. The summed E-state index contributed by atoms with van der Waals surface area (Å²) >= 11 is 0. The number of halogens is 2. The zero-order valence-electron chi connectivity index (χ0n) is 25.8. The Balaban J connectivity index is 1.61. The maximum absolute atomic E-state index is 15.7. The van der Waals surface area contributed by atoms with Gasteiger partial charge in [0, 0.05) is 62.1 Å². The lowest BCUT2D eigenvalue weighted by molar-refractivity contribution is 0.0333. The van der Waals surface area contributed by atoms with Crippen LogP contribution in [0.25, 0.3) is 11.0 Å². The highest BCUT2D eigenvalue weighted by atomic mass is 19.1. The van der Waals surface area contributed by atoms with Gasteiger partial charge in [-0.05, 0) is 13.0 Å². The number of anilines is 2. The van der Waals surface area contributed by atoms with E-state index in [1.807, 2.05) is 17.7 Å². The predicted molar refractivity (Wildman–Crippen MR) is 131 cm³/mol. The minimum Gasteiger partial charge on any atom is -0.493 e. The molecule has 0 bridgehead atoms. The van der Waals surface area contributed by atoms with Gasteiger partial charge in [0.25, 0.3) is 0 Å². The number of urea groups is 1. The molecular formula is C25H29F2N5O4. The second-order valence-electron chi connectivity index (χ2n) is 8.62. The number of methoxy groups -OCH3 is 2. The molecule has 1 saturated heterocycles. The largest absolute Gasteiger partial charge is 0.493 e. The number of rotatable bonds is 6. The van der Waals surface area contributed by atoms with Crippen LogP contribution in [0, 0.1) is 11.6 Å². The molecule has 0 N–H and O–H groups in total. The van der Waals surface area contributed by atoms with Crippen LogP contribution < -0.4 is 19.3 Å². The summed E-state index contributed by atoms with van der Waals surface area (Å²) in [5, 5.41) is 0.681. The van der Waals surface area contributed by atoms with Crippen LogP contribution in [-0.4, -0.2) is 67.4 Å². The van der Waals surface area contributed by atoms with Crippen molar-refractivity contribution in [3.8, 4) is 11.5 Å². The summed E-state index contributed by atoms with van der Waals surface area (Å²) in [5.41, 5.74) is 1.56. The van der Waals surface area contributed by atoms with Crippen LogP contribution in [0.3, 0.4) is 0 Å². The number of hydrogen-bond donors (Lipinski definition) is 0. The lowest BCUT2D eigenvalue weighted by Crippen LogP contribution is -2.48. The maximum atomic E-state index is 15.7. The van der Waals surface area contributed by atoms with Gasteiger partial charge in [-0.25, -0.2) is 18.6 Å². The Kier molecular flexibility index (Phi) is 4.75. The molecule has 0 saturated carbocycles. The van der Waals surface area contributed by atoms with E-state index in [0.717, 1.165) is 23.7 Å². The van der Waals surface area contributed by atoms with Crippen LogP contribution in [0.1, 0.15) is 26.4 Å². The van der Waals surface area contributed by atoms with Crippen LogP contribution >= 0.6 is 0 Å². The van der Waals surface area contributed by atoms with Crippen LogP contribution in [0.15, 0.2) is 18.3 Å². The van der Waals surface area contributed by atoms with E-state index in [4.69, 9.17) is 13.0 Å². The minimum absolute atomic E-state index is 0.114. The Morgan fingerprint density at radius 1 is 1.11 bits per heavy atom. The zero-order chi connectivity index (χ0) is 30.6. The lowest BCUT2D eigenvalue weighted by Gasteiger charge is -2.37. The normalized spacial score (nSPS) is 19.7. The summed E-state index contributed by atoms with van der Waals surface area (Å²) in [5.74, 6) is -5.01. The first-order valence-corrected chi connectivity index (χ1v) is 11.4. The highest BCUT2D eigenvalue weighted by Crippen LogP contribution is 2.42. The first-order chi connectivity index (χ1) is 19.7. The van der Waals surface area contributed by atoms with Gasteiger partial charge in [-0.1, -0.05) is 0 Å². The van der Waals surface area contributed by atoms with Crippen molar-refractivity contribution in [2.24, 2.45) is 7.05 Å². The number of aryl methyl sites for hydroxylation is 1. The number of carbonyl (C=O) groups excluding carboxylic acids is 1. The summed E-state index contributed by atoms with van der Waals surface area (Å²) in [6.07, 6.45) is 1.51. The summed E-state index contributed by atoms with van der Waals surface area (Å²) in [6, 6.07) is 1.62. The molecule has 2 aliphatic heterocycles. The summed E-state index contributed by atoms with van der Waals surface area (Å²) in [4.78, 5) is 22.7. The molecule has 192 valence electrons. The Bertz CT molecular complexity index is 1480. The second-order valence-corrected chi connectivity index (χ2v) is 8.62. The van der Waals surface area contributed by atoms with Gasteiger partial charge in [0.2, 0.25) is 0 Å². The molecule has 1 fully saturated rings. The molecule has 5 rings (SSSR count). The van der Waals surface area contributed by atoms with Crippen molar-refractivity contribution in [2.75, 3.05) is 56.7 Å². The highest BCUT2D eigenvalue weighted by molar-refractivity contribution is 6.11. The molecular weight excluding hydrogens is 472 g/mol. The smallest absolute Gasteiger partial charge is 0.329 e. The first kappa shape index (κ1) is 17.9. The monoisotopic (exact) mass is 507 g/mol. The van der Waals surface area contributed by atoms with E-state index in [1.54, 1.807) is 6.92 Å². The van der Waals surface area contributed by atoms with E-state index in [1.165, 1.54) is 11.1 Å². The summed E-state index contributed by atoms with van der Waals surface area (Å²) in [6.45, 7) is 4.91. The molecule has 0 spiro atoms. The van der Waals surface area contributed by atoms with Crippen LogP contribution in [0.5, 0.6) is 11.5 Å². The van der Waals surface area contributed by atoms with Crippen molar-refractivity contribution >= 4 is 28.4 Å². The lowest BCUT2D eigenvalue weighted by atomic mass is 10.1. The van der Waals surface area contributed by atoms with E-state index in [2.05, 4.69) is 19.4 Å². The molecule has 0 atom stereocenters. The van der Waals surface area contributed by atoms with Gasteiger partial charge >= 0.3 is 6.03 Å². The third kappa shape index (κ3) is 3.82. The van der Waals surface area contributed by atoms with Crippen molar-refractivity contribution in [1.29, 1.82) is 0 Å². The van der Waals surface area contributed by atoms with Gasteiger partial charge in [0.15, 0.2) is 23.1 Å². The van der Waals surface area contributed by atoms with Crippen molar-refractivity contribution in [3.63, 3.8) is 0 Å². The van der Waals surface area contributed by atoms with Gasteiger partial charge in [0.1, 0.15) is 11.3 Å². The van der Waals surface area contributed by atoms with E-state index in [-0.39, 0.29) is 13.1 Å². The summed E-state index contributed by atoms with van der Waals surface area (Å²) < 4.78 is 92.3. The van der Waals surface area contributed by atoms with Crippen LogP contribution in [0.4, 0.5) is 25.0 Å². The fourth-order valence-electron chi connectivity index (χ4n) is 4.83. The molecule has 0 aliphatic carbocycles. The quantitative estimate of drug-likeness (QED) is 0.507. The number of fused-ring (bicyclic) bond motifs is 3. The molecule has 3 aromatic rings. The highest BCUT2D eigenvalue weighted by Gasteiger charge is 2.37. The van der Waals surface area contributed by atoms with Crippen molar-refractivity contribution in [1.82, 2.24) is 14.5 Å². The topological polar surface area (TPSA) is 72.3 Å². The number of ether oxygens (including phenoxy) is 3. The van der Waals surface area contributed by atoms with Gasteiger partial charge in [0.05, 0.1) is 47.7 Å². The zero-order valence-corrected chi connectivity index (χ0v) is 19.8. The van der Waals surface area contributed by atoms with Crippen molar-refractivity contribution in [3.05, 3.63) is 41.2 Å². The Labute approximate surface area is 216 Å². The third-order valence-electron chi connectivity index (χ3n) is 6.67. The van der Waals surface area contributed by atoms with Gasteiger partial charge in [-0.3, -0.25) is 14.7 Å². The van der Waals surface area contributed by atoms with E-state index >= 15 is 8.78 Å². The Hall–Kier alpha value is -3.44. The SMILES string of the molecule is [2H]C([2H])([2H])Oc1cc(OC([2H])([2H])[2H])c(F)c(N2Cc3cnc4c(cc(CN5CCOCC5)n4C)c3N(CC)C2=O)c1F. The van der Waals surface area contributed by atoms with Crippen LogP contribution in [-0.2, 0) is 24.9 Å². The molecule has 2 aromatic heterocycles. The number of morpholine rings is 1. The van der Waals surface area contributed by atoms with Crippen LogP contribution in [0.2, 0.25) is 0 Å². The average Bonchev–Trinajstić information content (AvgIpc) is 3.21. The fourth-order valence-corrected chi connectivity index (χ4v) is 4.83. The van der Waals surface area contributed by atoms with Crippen molar-refractivity contribution < 1.29 is 36.0 Å². The van der Waals surface area contributed by atoms with Crippen molar-refractivity contribution in [2.45, 2.75) is 20.0 Å². The number of pyridine rings is 1. The number of hydrogen-bond acceptors (Lipinski definition) is 6. The number of benzene rings is 1. The Morgan fingerprint density at radius 2 is 1.81 bits per heavy atom. The molecule has 0 unspecified atom stereocenters. The molecule has 2 amide bonds. The van der Waals surface area contributed by atoms with Gasteiger partial charge in [-0.2, -0.15) is 0 Å². The summed E-state index contributed by atoms with van der Waals surface area (Å²) in [7, 11) is -4.45. The third-order valence-corrected chi connectivity index (χ3v) is 6.67.